The summed E-state index contributed by atoms with van der Waals surface area (Å²) in [6, 6.07) is 16.0. The number of H-pyrrole nitrogens is 1. The summed E-state index contributed by atoms with van der Waals surface area (Å²) in [4.78, 5) is 32.5. The van der Waals surface area contributed by atoms with E-state index in [9.17, 15) is 9.59 Å². The average molecular weight is 438 g/mol. The van der Waals surface area contributed by atoms with Gasteiger partial charge in [0.25, 0.3) is 5.56 Å². The van der Waals surface area contributed by atoms with Crippen molar-refractivity contribution in [2.45, 2.75) is 13.5 Å². The summed E-state index contributed by atoms with van der Waals surface area (Å²) in [7, 11) is 0. The predicted octanol–water partition coefficient (Wildman–Crippen LogP) is 3.72. The molecule has 4 aromatic rings. The zero-order chi connectivity index (χ0) is 19.7. The topological polar surface area (TPSA) is 77.0 Å². The second-order valence-electron chi connectivity index (χ2n) is 6.29. The molecule has 0 bridgehead atoms. The lowest BCUT2D eigenvalue weighted by molar-refractivity contribution is 0.300. The van der Waals surface area contributed by atoms with Crippen LogP contribution in [0.5, 0.6) is 5.75 Å². The van der Waals surface area contributed by atoms with Gasteiger partial charge in [0.1, 0.15) is 12.4 Å². The van der Waals surface area contributed by atoms with Gasteiger partial charge < -0.3 is 9.72 Å². The second-order valence-corrected chi connectivity index (χ2v) is 7.14. The van der Waals surface area contributed by atoms with Gasteiger partial charge in [0.05, 0.1) is 22.3 Å². The standard InChI is InChI=1S/C21H16BrN3O3/c1-13-8-9-14(28-12-18-16(22)6-4-10-23-18)11-19(13)25-20(26)15-5-2-3-7-17(15)24-21(25)27/h2-11H,12H2,1H3,(H,24,27). The van der Waals surface area contributed by atoms with Gasteiger partial charge in [-0.15, -0.1) is 0 Å². The van der Waals surface area contributed by atoms with Crippen molar-refractivity contribution in [1.29, 1.82) is 0 Å². The van der Waals surface area contributed by atoms with Crippen molar-refractivity contribution >= 4 is 26.8 Å². The first kappa shape index (κ1) is 18.2. The summed E-state index contributed by atoms with van der Waals surface area (Å²) in [5.41, 5.74) is 1.68. The molecule has 0 amide bonds. The number of fused-ring (bicyclic) bond motifs is 1. The number of aromatic amines is 1. The fourth-order valence-electron chi connectivity index (χ4n) is 2.98. The number of hydrogen-bond acceptors (Lipinski definition) is 4. The van der Waals surface area contributed by atoms with Gasteiger partial charge in [-0.2, -0.15) is 0 Å². The van der Waals surface area contributed by atoms with Gasteiger partial charge in [0, 0.05) is 16.7 Å². The highest BCUT2D eigenvalue weighted by Gasteiger charge is 2.12. The maximum absolute atomic E-state index is 12.9. The lowest BCUT2D eigenvalue weighted by atomic mass is 10.1. The average Bonchev–Trinajstić information content (AvgIpc) is 2.69. The first-order valence-electron chi connectivity index (χ1n) is 8.62. The van der Waals surface area contributed by atoms with Crippen molar-refractivity contribution in [3.63, 3.8) is 0 Å². The summed E-state index contributed by atoms with van der Waals surface area (Å²) in [5.74, 6) is 0.539. The van der Waals surface area contributed by atoms with E-state index in [1.165, 1.54) is 0 Å². The number of para-hydroxylation sites is 1. The highest BCUT2D eigenvalue weighted by Crippen LogP contribution is 2.22. The Labute approximate surface area is 168 Å². The molecule has 0 unspecified atom stereocenters. The van der Waals surface area contributed by atoms with Crippen LogP contribution in [0.25, 0.3) is 16.6 Å². The van der Waals surface area contributed by atoms with Crippen LogP contribution in [-0.2, 0) is 6.61 Å². The normalized spacial score (nSPS) is 10.9. The summed E-state index contributed by atoms with van der Waals surface area (Å²) in [5, 5.41) is 0.449. The first-order chi connectivity index (χ1) is 13.5. The molecular formula is C21H16BrN3O3. The molecule has 4 rings (SSSR count). The van der Waals surface area contributed by atoms with Gasteiger partial charge in [0.2, 0.25) is 0 Å². The van der Waals surface area contributed by atoms with E-state index in [0.29, 0.717) is 22.3 Å². The van der Waals surface area contributed by atoms with Crippen LogP contribution in [-0.4, -0.2) is 14.5 Å². The fourth-order valence-corrected chi connectivity index (χ4v) is 3.35. The van der Waals surface area contributed by atoms with Gasteiger partial charge in [0.15, 0.2) is 0 Å². The maximum atomic E-state index is 12.9. The van der Waals surface area contributed by atoms with Crippen LogP contribution >= 0.6 is 15.9 Å². The van der Waals surface area contributed by atoms with E-state index in [2.05, 4.69) is 25.9 Å². The number of nitrogens with zero attached hydrogens (tertiary/aromatic N) is 2. The molecule has 0 aliphatic carbocycles. The number of benzene rings is 2. The van der Waals surface area contributed by atoms with E-state index in [-0.39, 0.29) is 12.2 Å². The van der Waals surface area contributed by atoms with Crippen LogP contribution in [0, 0.1) is 6.92 Å². The van der Waals surface area contributed by atoms with Crippen LogP contribution in [0.4, 0.5) is 0 Å². The molecule has 2 heterocycles. The summed E-state index contributed by atoms with van der Waals surface area (Å²) in [6.45, 7) is 2.10. The van der Waals surface area contributed by atoms with E-state index in [4.69, 9.17) is 4.74 Å². The Morgan fingerprint density at radius 1 is 1.11 bits per heavy atom. The molecule has 0 aliphatic heterocycles. The van der Waals surface area contributed by atoms with Crippen molar-refractivity contribution in [1.82, 2.24) is 14.5 Å². The number of ether oxygens (including phenoxy) is 1. The third kappa shape index (κ3) is 3.36. The quantitative estimate of drug-likeness (QED) is 0.527. The molecule has 28 heavy (non-hydrogen) atoms. The summed E-state index contributed by atoms with van der Waals surface area (Å²) in [6.07, 6.45) is 1.69. The molecule has 6 nitrogen and oxygen atoms in total. The minimum Gasteiger partial charge on any atom is -0.487 e. The van der Waals surface area contributed by atoms with Crippen LogP contribution < -0.4 is 16.0 Å². The maximum Gasteiger partial charge on any atom is 0.333 e. The molecule has 0 fully saturated rings. The Morgan fingerprint density at radius 2 is 1.93 bits per heavy atom. The van der Waals surface area contributed by atoms with Gasteiger partial charge in [-0.3, -0.25) is 9.78 Å². The van der Waals surface area contributed by atoms with Crippen LogP contribution in [0.15, 0.2) is 74.9 Å². The summed E-state index contributed by atoms with van der Waals surface area (Å²) >= 11 is 3.44. The van der Waals surface area contributed by atoms with Crippen LogP contribution in [0.2, 0.25) is 0 Å². The first-order valence-corrected chi connectivity index (χ1v) is 9.41. The molecule has 0 saturated carbocycles. The number of pyridine rings is 1. The Morgan fingerprint density at radius 3 is 2.75 bits per heavy atom. The zero-order valence-corrected chi connectivity index (χ0v) is 16.6. The SMILES string of the molecule is Cc1ccc(OCc2ncccc2Br)cc1-n1c(=O)[nH]c2ccccc2c1=O. The Balaban J connectivity index is 1.76. The third-order valence-electron chi connectivity index (χ3n) is 4.44. The van der Waals surface area contributed by atoms with Crippen molar-refractivity contribution in [2.24, 2.45) is 0 Å². The van der Waals surface area contributed by atoms with Crippen molar-refractivity contribution in [3.05, 3.63) is 97.4 Å². The second kappa shape index (κ2) is 7.44. The molecule has 0 spiro atoms. The monoisotopic (exact) mass is 437 g/mol. The number of aromatic nitrogens is 3. The van der Waals surface area contributed by atoms with Crippen LogP contribution in [0.3, 0.4) is 0 Å². The number of rotatable bonds is 4. The van der Waals surface area contributed by atoms with Gasteiger partial charge in [-0.1, -0.05) is 18.2 Å². The summed E-state index contributed by atoms with van der Waals surface area (Å²) < 4.78 is 7.83. The molecule has 7 heteroatoms. The highest BCUT2D eigenvalue weighted by atomic mass is 79.9. The largest absolute Gasteiger partial charge is 0.487 e. The predicted molar refractivity (Wildman–Crippen MR) is 111 cm³/mol. The molecule has 1 N–H and O–H groups in total. The number of aryl methyl sites for hydroxylation is 1. The van der Waals surface area contributed by atoms with E-state index in [1.807, 2.05) is 25.1 Å². The molecule has 2 aromatic carbocycles. The number of halogens is 1. The molecule has 0 radical (unpaired) electrons. The minimum absolute atomic E-state index is 0.257. The number of hydrogen-bond donors (Lipinski definition) is 1. The smallest absolute Gasteiger partial charge is 0.333 e. The lowest BCUT2D eigenvalue weighted by Gasteiger charge is -2.12. The molecule has 0 aliphatic rings. The van der Waals surface area contributed by atoms with E-state index >= 15 is 0 Å². The van der Waals surface area contributed by atoms with E-state index < -0.39 is 5.69 Å². The van der Waals surface area contributed by atoms with Gasteiger partial charge >= 0.3 is 5.69 Å². The van der Waals surface area contributed by atoms with Gasteiger partial charge in [-0.05, 0) is 58.7 Å². The zero-order valence-electron chi connectivity index (χ0n) is 15.0. The lowest BCUT2D eigenvalue weighted by Crippen LogP contribution is -2.34. The van der Waals surface area contributed by atoms with Crippen molar-refractivity contribution in [2.75, 3.05) is 0 Å². The number of nitrogens with one attached hydrogen (secondary N) is 1. The van der Waals surface area contributed by atoms with Crippen molar-refractivity contribution in [3.8, 4) is 11.4 Å². The fraction of sp³-hybridized carbons (Fsp3) is 0.0952. The Bertz CT molecular complexity index is 1290. The molecule has 0 atom stereocenters. The molecule has 0 saturated heterocycles. The third-order valence-corrected chi connectivity index (χ3v) is 5.16. The van der Waals surface area contributed by atoms with Gasteiger partial charge in [-0.25, -0.2) is 9.36 Å². The highest BCUT2D eigenvalue weighted by molar-refractivity contribution is 9.10. The minimum atomic E-state index is -0.489. The van der Waals surface area contributed by atoms with Crippen LogP contribution in [0.1, 0.15) is 11.3 Å². The Kier molecular flexibility index (Phi) is 4.83. The van der Waals surface area contributed by atoms with E-state index in [0.717, 1.165) is 20.3 Å². The molecule has 140 valence electrons. The van der Waals surface area contributed by atoms with E-state index in [1.54, 1.807) is 42.6 Å². The molecule has 2 aromatic heterocycles. The molecular weight excluding hydrogens is 422 g/mol. The van der Waals surface area contributed by atoms with Crippen molar-refractivity contribution < 1.29 is 4.74 Å². The Hall–Kier alpha value is -3.19.